The summed E-state index contributed by atoms with van der Waals surface area (Å²) in [4.78, 5) is 26.9. The molecule has 1 N–H and O–H groups in total. The van der Waals surface area contributed by atoms with Crippen molar-refractivity contribution in [1.82, 2.24) is 14.5 Å². The average Bonchev–Trinajstić information content (AvgIpc) is 2.77. The number of rotatable bonds is 7. The second-order valence-corrected chi connectivity index (χ2v) is 10.1. The molecule has 0 radical (unpaired) electrons. The third kappa shape index (κ3) is 5.93. The van der Waals surface area contributed by atoms with E-state index in [-0.39, 0.29) is 36.1 Å². The van der Waals surface area contributed by atoms with Crippen molar-refractivity contribution in [1.29, 1.82) is 0 Å². The van der Waals surface area contributed by atoms with Gasteiger partial charge in [0.15, 0.2) is 0 Å². The lowest BCUT2D eigenvalue weighted by Crippen LogP contribution is -2.48. The van der Waals surface area contributed by atoms with Crippen molar-refractivity contribution < 1.29 is 22.7 Å². The van der Waals surface area contributed by atoms with Crippen LogP contribution in [-0.4, -0.2) is 68.3 Å². The maximum atomic E-state index is 12.7. The SMILES string of the molecule is CC1CN(C(=O)c2ccc(CNC(=O)CN(C)S(=O)(=O)c3ccccc3)cc2)CC(C)O1. The van der Waals surface area contributed by atoms with E-state index < -0.39 is 15.9 Å². The van der Waals surface area contributed by atoms with Crippen LogP contribution in [0, 0.1) is 0 Å². The van der Waals surface area contributed by atoms with E-state index >= 15 is 0 Å². The molecular formula is C23H29N3O5S. The van der Waals surface area contributed by atoms with Crippen LogP contribution in [0.3, 0.4) is 0 Å². The lowest BCUT2D eigenvalue weighted by molar-refractivity contribution is -0.121. The molecule has 0 saturated carbocycles. The average molecular weight is 460 g/mol. The van der Waals surface area contributed by atoms with Gasteiger partial charge in [-0.2, -0.15) is 4.31 Å². The van der Waals surface area contributed by atoms with E-state index in [0.717, 1.165) is 9.87 Å². The van der Waals surface area contributed by atoms with Crippen LogP contribution in [0.1, 0.15) is 29.8 Å². The first kappa shape index (κ1) is 23.9. The standard InChI is InChI=1S/C23H29N3O5S/c1-17-14-26(15-18(2)31-17)23(28)20-11-9-19(10-12-20)13-24-22(27)16-25(3)32(29,30)21-7-5-4-6-8-21/h4-12,17-18H,13-16H2,1-3H3,(H,24,27). The number of carbonyl (C=O) groups excluding carboxylic acids is 2. The fourth-order valence-corrected chi connectivity index (χ4v) is 4.76. The molecule has 1 heterocycles. The van der Waals surface area contributed by atoms with E-state index in [1.54, 1.807) is 47.4 Å². The minimum atomic E-state index is -3.73. The molecule has 2 amide bonds. The van der Waals surface area contributed by atoms with Crippen molar-refractivity contribution in [3.05, 3.63) is 65.7 Å². The van der Waals surface area contributed by atoms with Gasteiger partial charge in [-0.1, -0.05) is 30.3 Å². The zero-order chi connectivity index (χ0) is 23.3. The first-order valence-corrected chi connectivity index (χ1v) is 11.9. The number of nitrogens with zero attached hydrogens (tertiary/aromatic N) is 2. The molecule has 1 saturated heterocycles. The predicted molar refractivity (Wildman–Crippen MR) is 120 cm³/mol. The maximum Gasteiger partial charge on any atom is 0.254 e. The third-order valence-electron chi connectivity index (χ3n) is 5.22. The smallest absolute Gasteiger partial charge is 0.254 e. The van der Waals surface area contributed by atoms with Crippen molar-refractivity contribution in [3.8, 4) is 0 Å². The molecule has 1 aliphatic heterocycles. The first-order valence-electron chi connectivity index (χ1n) is 10.5. The van der Waals surface area contributed by atoms with Crippen molar-refractivity contribution in [2.45, 2.75) is 37.5 Å². The van der Waals surface area contributed by atoms with Gasteiger partial charge in [0.05, 0.1) is 23.6 Å². The van der Waals surface area contributed by atoms with Crippen LogP contribution in [0.15, 0.2) is 59.5 Å². The molecule has 32 heavy (non-hydrogen) atoms. The number of nitrogens with one attached hydrogen (secondary N) is 1. The highest BCUT2D eigenvalue weighted by atomic mass is 32.2. The number of carbonyl (C=O) groups is 2. The summed E-state index contributed by atoms with van der Waals surface area (Å²) in [6.45, 7) is 4.95. The van der Waals surface area contributed by atoms with E-state index in [2.05, 4.69) is 5.32 Å². The summed E-state index contributed by atoms with van der Waals surface area (Å²) in [6.07, 6.45) is 0.00189. The largest absolute Gasteiger partial charge is 0.372 e. The third-order valence-corrected chi connectivity index (χ3v) is 7.03. The predicted octanol–water partition coefficient (Wildman–Crippen LogP) is 1.87. The second-order valence-electron chi connectivity index (χ2n) is 8.02. The van der Waals surface area contributed by atoms with Crippen LogP contribution in [0.5, 0.6) is 0 Å². The summed E-state index contributed by atoms with van der Waals surface area (Å²) in [5.41, 5.74) is 1.39. The molecule has 8 nitrogen and oxygen atoms in total. The lowest BCUT2D eigenvalue weighted by atomic mass is 10.1. The quantitative estimate of drug-likeness (QED) is 0.682. The highest BCUT2D eigenvalue weighted by molar-refractivity contribution is 7.89. The van der Waals surface area contributed by atoms with E-state index in [4.69, 9.17) is 4.74 Å². The van der Waals surface area contributed by atoms with Gasteiger partial charge in [0.2, 0.25) is 15.9 Å². The molecule has 9 heteroatoms. The Kier molecular flexibility index (Phi) is 7.65. The summed E-state index contributed by atoms with van der Waals surface area (Å²) in [5, 5.41) is 2.72. The van der Waals surface area contributed by atoms with Crippen molar-refractivity contribution in [3.63, 3.8) is 0 Å². The van der Waals surface area contributed by atoms with E-state index in [0.29, 0.717) is 18.7 Å². The minimum absolute atomic E-state index is 0.000946. The number of hydrogen-bond donors (Lipinski definition) is 1. The zero-order valence-electron chi connectivity index (χ0n) is 18.5. The zero-order valence-corrected chi connectivity index (χ0v) is 19.3. The Labute approximate surface area is 189 Å². The number of likely N-dealkylation sites (N-methyl/N-ethyl adjacent to an activating group) is 1. The molecule has 172 valence electrons. The molecule has 0 aliphatic carbocycles. The second kappa shape index (κ2) is 10.2. The van der Waals surface area contributed by atoms with E-state index in [1.807, 2.05) is 13.8 Å². The highest BCUT2D eigenvalue weighted by Gasteiger charge is 2.26. The lowest BCUT2D eigenvalue weighted by Gasteiger charge is -2.35. The minimum Gasteiger partial charge on any atom is -0.372 e. The van der Waals surface area contributed by atoms with E-state index in [9.17, 15) is 18.0 Å². The van der Waals surface area contributed by atoms with Crippen LogP contribution in [0.4, 0.5) is 0 Å². The van der Waals surface area contributed by atoms with Gasteiger partial charge in [-0.3, -0.25) is 9.59 Å². The highest BCUT2D eigenvalue weighted by Crippen LogP contribution is 2.15. The van der Waals surface area contributed by atoms with Gasteiger partial charge < -0.3 is 15.0 Å². The normalized spacial score (nSPS) is 19.1. The summed E-state index contributed by atoms with van der Waals surface area (Å²) < 4.78 is 31.7. The van der Waals surface area contributed by atoms with Gasteiger partial charge in [0, 0.05) is 32.2 Å². The number of ether oxygens (including phenoxy) is 1. The fourth-order valence-electron chi connectivity index (χ4n) is 3.61. The Morgan fingerprint density at radius 2 is 1.62 bits per heavy atom. The van der Waals surface area contributed by atoms with Gasteiger partial charge >= 0.3 is 0 Å². The monoisotopic (exact) mass is 459 g/mol. The van der Waals surface area contributed by atoms with Gasteiger partial charge in [-0.25, -0.2) is 8.42 Å². The maximum absolute atomic E-state index is 12.7. The number of benzene rings is 2. The van der Waals surface area contributed by atoms with Crippen molar-refractivity contribution >= 4 is 21.8 Å². The molecule has 1 aliphatic rings. The Hall–Kier alpha value is -2.75. The molecule has 0 bridgehead atoms. The van der Waals surface area contributed by atoms with Crippen molar-refractivity contribution in [2.24, 2.45) is 0 Å². The van der Waals surface area contributed by atoms with Gasteiger partial charge in [-0.05, 0) is 43.7 Å². The Balaban J connectivity index is 1.52. The number of morpholine rings is 1. The molecule has 2 aromatic rings. The van der Waals surface area contributed by atoms with Crippen LogP contribution in [0.2, 0.25) is 0 Å². The summed E-state index contributed by atoms with van der Waals surface area (Å²) in [6, 6.07) is 15.0. The molecule has 2 unspecified atom stereocenters. The number of amides is 2. The molecule has 2 aromatic carbocycles. The molecule has 1 fully saturated rings. The first-order chi connectivity index (χ1) is 15.2. The Morgan fingerprint density at radius 1 is 1.03 bits per heavy atom. The molecule has 0 spiro atoms. The van der Waals surface area contributed by atoms with Crippen molar-refractivity contribution in [2.75, 3.05) is 26.7 Å². The van der Waals surface area contributed by atoms with Gasteiger partial charge in [-0.15, -0.1) is 0 Å². The van der Waals surface area contributed by atoms with Crippen LogP contribution in [-0.2, 0) is 26.1 Å². The fraction of sp³-hybridized carbons (Fsp3) is 0.391. The van der Waals surface area contributed by atoms with Crippen LogP contribution < -0.4 is 5.32 Å². The summed E-state index contributed by atoms with van der Waals surface area (Å²) in [7, 11) is -2.36. The van der Waals surface area contributed by atoms with Crippen LogP contribution >= 0.6 is 0 Å². The van der Waals surface area contributed by atoms with E-state index in [1.165, 1.54) is 19.2 Å². The van der Waals surface area contributed by atoms with Gasteiger partial charge in [0.1, 0.15) is 0 Å². The molecule has 3 rings (SSSR count). The number of hydrogen-bond acceptors (Lipinski definition) is 5. The topological polar surface area (TPSA) is 96.0 Å². The summed E-state index contributed by atoms with van der Waals surface area (Å²) >= 11 is 0. The number of sulfonamides is 1. The Bertz CT molecular complexity index is 1030. The van der Waals surface area contributed by atoms with Gasteiger partial charge in [0.25, 0.3) is 5.91 Å². The molecule has 0 aromatic heterocycles. The molecule has 2 atom stereocenters. The molecular weight excluding hydrogens is 430 g/mol. The van der Waals surface area contributed by atoms with Crippen LogP contribution in [0.25, 0.3) is 0 Å². The Morgan fingerprint density at radius 3 is 2.22 bits per heavy atom. The summed E-state index contributed by atoms with van der Waals surface area (Å²) in [5.74, 6) is -0.459.